The summed E-state index contributed by atoms with van der Waals surface area (Å²) < 4.78 is 0. The highest BCUT2D eigenvalue weighted by Crippen LogP contribution is 2.31. The van der Waals surface area contributed by atoms with Crippen LogP contribution in [0.5, 0.6) is 0 Å². The Morgan fingerprint density at radius 1 is 1.20 bits per heavy atom. The molecule has 1 saturated carbocycles. The summed E-state index contributed by atoms with van der Waals surface area (Å²) in [5.41, 5.74) is 0. The summed E-state index contributed by atoms with van der Waals surface area (Å²) in [6.45, 7) is 3.42. The monoisotopic (exact) mass is 142 g/mol. The van der Waals surface area contributed by atoms with Gasteiger partial charge in [-0.05, 0) is 25.9 Å². The molecule has 0 bridgehead atoms. The van der Waals surface area contributed by atoms with Crippen LogP contribution < -0.4 is 10.6 Å². The molecule has 1 fully saturated rings. The van der Waals surface area contributed by atoms with Crippen LogP contribution in [-0.2, 0) is 0 Å². The summed E-state index contributed by atoms with van der Waals surface area (Å²) in [5.74, 6) is 1.07. The molecule has 0 aromatic carbocycles. The van der Waals surface area contributed by atoms with Crippen molar-refractivity contribution >= 4 is 0 Å². The molecule has 0 heterocycles. The third-order valence-corrected chi connectivity index (χ3v) is 1.98. The lowest BCUT2D eigenvalue weighted by molar-refractivity contribution is 0.598. The van der Waals surface area contributed by atoms with Crippen molar-refractivity contribution in [2.75, 3.05) is 26.7 Å². The number of hydrogen-bond acceptors (Lipinski definition) is 2. The normalized spacial score (nSPS) is 17.7. The maximum Gasteiger partial charge on any atom is 0.00766 e. The van der Waals surface area contributed by atoms with Crippen molar-refractivity contribution in [2.45, 2.75) is 19.3 Å². The van der Waals surface area contributed by atoms with Gasteiger partial charge in [0.1, 0.15) is 0 Å². The Kier molecular flexibility index (Phi) is 3.76. The fraction of sp³-hybridized carbons (Fsp3) is 1.00. The van der Waals surface area contributed by atoms with E-state index in [2.05, 4.69) is 10.6 Å². The highest BCUT2D eigenvalue weighted by molar-refractivity contribution is 4.73. The molecule has 0 spiro atoms. The Morgan fingerprint density at radius 3 is 2.60 bits per heavy atom. The minimum Gasteiger partial charge on any atom is -0.318 e. The predicted molar refractivity (Wildman–Crippen MR) is 44.1 cm³/mol. The molecule has 0 aromatic heterocycles. The zero-order valence-electron chi connectivity index (χ0n) is 6.82. The summed E-state index contributed by atoms with van der Waals surface area (Å²) >= 11 is 0. The molecule has 2 N–H and O–H groups in total. The quantitative estimate of drug-likeness (QED) is 0.531. The largest absolute Gasteiger partial charge is 0.318 e. The summed E-state index contributed by atoms with van der Waals surface area (Å²) in [6, 6.07) is 0. The number of hydrogen-bond donors (Lipinski definition) is 2. The molecular weight excluding hydrogens is 124 g/mol. The second-order valence-electron chi connectivity index (χ2n) is 3.09. The van der Waals surface area contributed by atoms with Crippen LogP contribution in [0, 0.1) is 5.92 Å². The average Bonchev–Trinajstić information content (AvgIpc) is 2.71. The minimum absolute atomic E-state index is 1.07. The molecular formula is C8H18N2. The van der Waals surface area contributed by atoms with E-state index in [1.54, 1.807) is 0 Å². The van der Waals surface area contributed by atoms with Crippen LogP contribution in [0.3, 0.4) is 0 Å². The highest BCUT2D eigenvalue weighted by atomic mass is 14.9. The van der Waals surface area contributed by atoms with Crippen LogP contribution in [0.25, 0.3) is 0 Å². The van der Waals surface area contributed by atoms with Gasteiger partial charge in [0.05, 0.1) is 0 Å². The molecule has 0 radical (unpaired) electrons. The fourth-order valence-electron chi connectivity index (χ4n) is 1.05. The van der Waals surface area contributed by atoms with Gasteiger partial charge in [-0.25, -0.2) is 0 Å². The minimum atomic E-state index is 1.07. The third-order valence-electron chi connectivity index (χ3n) is 1.98. The van der Waals surface area contributed by atoms with E-state index in [1.807, 2.05) is 7.05 Å². The van der Waals surface area contributed by atoms with E-state index in [9.17, 15) is 0 Å². The first-order valence-electron chi connectivity index (χ1n) is 4.29. The van der Waals surface area contributed by atoms with E-state index in [-0.39, 0.29) is 0 Å². The molecule has 0 aliphatic heterocycles. The molecule has 10 heavy (non-hydrogen) atoms. The van der Waals surface area contributed by atoms with Crippen molar-refractivity contribution in [3.63, 3.8) is 0 Å². The van der Waals surface area contributed by atoms with Crippen LogP contribution in [0.1, 0.15) is 19.3 Å². The van der Waals surface area contributed by atoms with Gasteiger partial charge in [0.15, 0.2) is 0 Å². The molecule has 1 rings (SSSR count). The van der Waals surface area contributed by atoms with Crippen molar-refractivity contribution in [1.82, 2.24) is 10.6 Å². The van der Waals surface area contributed by atoms with Gasteiger partial charge in [-0.15, -0.1) is 0 Å². The summed E-state index contributed by atoms with van der Waals surface area (Å²) in [5, 5.41) is 6.50. The lowest BCUT2D eigenvalue weighted by Crippen LogP contribution is -2.25. The van der Waals surface area contributed by atoms with Crippen LogP contribution in [0.15, 0.2) is 0 Å². The van der Waals surface area contributed by atoms with Gasteiger partial charge < -0.3 is 10.6 Å². The second kappa shape index (κ2) is 4.69. The highest BCUT2D eigenvalue weighted by Gasteiger charge is 2.19. The van der Waals surface area contributed by atoms with Gasteiger partial charge in [0.2, 0.25) is 0 Å². The smallest absolute Gasteiger partial charge is 0.00766 e. The van der Waals surface area contributed by atoms with Crippen LogP contribution in [-0.4, -0.2) is 26.7 Å². The van der Waals surface area contributed by atoms with Gasteiger partial charge in [0, 0.05) is 13.1 Å². The van der Waals surface area contributed by atoms with Gasteiger partial charge >= 0.3 is 0 Å². The van der Waals surface area contributed by atoms with E-state index in [0.717, 1.165) is 19.0 Å². The summed E-state index contributed by atoms with van der Waals surface area (Å²) in [7, 11) is 1.99. The molecule has 0 unspecified atom stereocenters. The molecule has 1 aliphatic carbocycles. The molecule has 0 amide bonds. The maximum absolute atomic E-state index is 3.40. The zero-order valence-corrected chi connectivity index (χ0v) is 6.82. The first kappa shape index (κ1) is 8.02. The number of nitrogens with one attached hydrogen (secondary N) is 2. The molecule has 2 nitrogen and oxygen atoms in total. The fourth-order valence-corrected chi connectivity index (χ4v) is 1.05. The lowest BCUT2D eigenvalue weighted by atomic mass is 10.3. The lowest BCUT2D eigenvalue weighted by Gasteiger charge is -2.01. The molecule has 0 saturated heterocycles. The van der Waals surface area contributed by atoms with E-state index in [4.69, 9.17) is 0 Å². The van der Waals surface area contributed by atoms with Crippen molar-refractivity contribution in [3.05, 3.63) is 0 Å². The summed E-state index contributed by atoms with van der Waals surface area (Å²) in [6.07, 6.45) is 4.35. The van der Waals surface area contributed by atoms with Crippen LogP contribution >= 0.6 is 0 Å². The Hall–Kier alpha value is -0.0800. The third kappa shape index (κ3) is 3.85. The van der Waals surface area contributed by atoms with Gasteiger partial charge in [0.25, 0.3) is 0 Å². The van der Waals surface area contributed by atoms with E-state index >= 15 is 0 Å². The van der Waals surface area contributed by atoms with Crippen molar-refractivity contribution in [2.24, 2.45) is 5.92 Å². The van der Waals surface area contributed by atoms with E-state index in [1.165, 1.54) is 25.8 Å². The SMILES string of the molecule is CNCCNCCC1CC1. The van der Waals surface area contributed by atoms with Crippen molar-refractivity contribution in [1.29, 1.82) is 0 Å². The van der Waals surface area contributed by atoms with Crippen LogP contribution in [0.2, 0.25) is 0 Å². The topological polar surface area (TPSA) is 24.1 Å². The number of rotatable bonds is 6. The first-order chi connectivity index (χ1) is 4.93. The molecule has 1 aliphatic rings. The second-order valence-corrected chi connectivity index (χ2v) is 3.09. The van der Waals surface area contributed by atoms with Crippen molar-refractivity contribution in [3.8, 4) is 0 Å². The maximum atomic E-state index is 3.40. The Balaban J connectivity index is 1.68. The molecule has 0 atom stereocenters. The Labute approximate surface area is 63.4 Å². The zero-order chi connectivity index (χ0) is 7.23. The molecule has 60 valence electrons. The van der Waals surface area contributed by atoms with Crippen LogP contribution in [0.4, 0.5) is 0 Å². The molecule has 2 heteroatoms. The van der Waals surface area contributed by atoms with Gasteiger partial charge in [-0.3, -0.25) is 0 Å². The van der Waals surface area contributed by atoms with Gasteiger partial charge in [-0.2, -0.15) is 0 Å². The van der Waals surface area contributed by atoms with E-state index < -0.39 is 0 Å². The predicted octanol–water partition coefficient (Wildman–Crippen LogP) is 0.595. The first-order valence-corrected chi connectivity index (χ1v) is 4.29. The average molecular weight is 142 g/mol. The van der Waals surface area contributed by atoms with E-state index in [0.29, 0.717) is 0 Å². The molecule has 0 aromatic rings. The standard InChI is InChI=1S/C8H18N2/c1-9-6-7-10-5-4-8-2-3-8/h8-10H,2-7H2,1H3. The number of likely N-dealkylation sites (N-methyl/N-ethyl adjacent to an activating group) is 1. The van der Waals surface area contributed by atoms with Crippen molar-refractivity contribution < 1.29 is 0 Å². The van der Waals surface area contributed by atoms with Gasteiger partial charge in [-0.1, -0.05) is 12.8 Å². The summed E-state index contributed by atoms with van der Waals surface area (Å²) in [4.78, 5) is 0. The Bertz CT molecular complexity index is 79.3. The Morgan fingerprint density at radius 2 is 2.00 bits per heavy atom.